The Hall–Kier alpha value is 0.150. The van der Waals surface area contributed by atoms with Gasteiger partial charge >= 0.3 is 0 Å². The van der Waals surface area contributed by atoms with Gasteiger partial charge in [0.15, 0.2) is 0 Å². The lowest BCUT2D eigenvalue weighted by Gasteiger charge is -2.35. The van der Waals surface area contributed by atoms with Crippen LogP contribution in [-0.4, -0.2) is 26.0 Å². The normalized spacial score (nSPS) is 16.8. The van der Waals surface area contributed by atoms with Gasteiger partial charge in [-0.3, -0.25) is 0 Å². The van der Waals surface area contributed by atoms with Crippen LogP contribution in [0.5, 0.6) is 0 Å². The number of aromatic nitrogens is 1. The largest absolute Gasteiger partial charge is 0.598 e. The fraction of sp³-hybridized carbons (Fsp3) is 0.615. The van der Waals surface area contributed by atoms with Gasteiger partial charge in [0.25, 0.3) is 0 Å². The second-order valence-corrected chi connectivity index (χ2v) is 9.02. The number of pyridine rings is 1. The van der Waals surface area contributed by atoms with E-state index in [2.05, 4.69) is 25.6 Å². The van der Waals surface area contributed by atoms with E-state index >= 15 is 0 Å². The van der Waals surface area contributed by atoms with Crippen LogP contribution in [-0.2, 0) is 16.9 Å². The van der Waals surface area contributed by atoms with Crippen molar-refractivity contribution < 1.29 is 9.66 Å². The molecule has 0 aromatic carbocycles. The molecule has 0 spiro atoms. The van der Waals surface area contributed by atoms with Gasteiger partial charge in [-0.25, -0.2) is 4.98 Å². The molecule has 4 nitrogen and oxygen atoms in total. The molecular weight excluding hydrogens is 364 g/mol. The predicted molar refractivity (Wildman–Crippen MR) is 87.0 cm³/mol. The van der Waals surface area contributed by atoms with E-state index in [9.17, 15) is 9.66 Å². The third-order valence-corrected chi connectivity index (χ3v) is 5.37. The quantitative estimate of drug-likeness (QED) is 0.605. The van der Waals surface area contributed by atoms with Crippen molar-refractivity contribution in [2.45, 2.75) is 44.4 Å². The van der Waals surface area contributed by atoms with E-state index in [4.69, 9.17) is 11.6 Å². The Morgan fingerprint density at radius 3 is 2.55 bits per heavy atom. The van der Waals surface area contributed by atoms with Crippen LogP contribution >= 0.6 is 27.5 Å². The van der Waals surface area contributed by atoms with Crippen molar-refractivity contribution in [1.29, 1.82) is 0 Å². The highest BCUT2D eigenvalue weighted by molar-refractivity contribution is 9.10. The van der Waals surface area contributed by atoms with E-state index in [0.29, 0.717) is 17.1 Å². The molecule has 114 valence electrons. The fourth-order valence-corrected chi connectivity index (χ4v) is 3.20. The number of hydrogen-bond acceptors (Lipinski definition) is 4. The van der Waals surface area contributed by atoms with E-state index in [1.165, 1.54) is 0 Å². The maximum Gasteiger partial charge on any atom is 0.136 e. The molecule has 0 aliphatic rings. The van der Waals surface area contributed by atoms with Crippen LogP contribution in [0.1, 0.15) is 39.7 Å². The van der Waals surface area contributed by atoms with Crippen molar-refractivity contribution in [2.24, 2.45) is 0 Å². The summed E-state index contributed by atoms with van der Waals surface area (Å²) in [5.74, 6) is 0. The summed E-state index contributed by atoms with van der Waals surface area (Å²) in [7, 11) is 0. The molecule has 2 N–H and O–H groups in total. The van der Waals surface area contributed by atoms with Gasteiger partial charge in [0.05, 0.1) is 5.54 Å². The molecule has 0 saturated carbocycles. The lowest BCUT2D eigenvalue weighted by molar-refractivity contribution is 0.237. The topological polar surface area (TPSA) is 68.2 Å². The van der Waals surface area contributed by atoms with Gasteiger partial charge in [-0.05, 0) is 56.1 Å². The van der Waals surface area contributed by atoms with Crippen LogP contribution in [0.2, 0.25) is 5.15 Å². The number of nitrogens with zero attached hydrogens (tertiary/aromatic N) is 1. The molecule has 2 atom stereocenters. The van der Waals surface area contributed by atoms with Gasteiger partial charge in [-0.2, -0.15) is 0 Å². The molecule has 0 amide bonds. The van der Waals surface area contributed by atoms with Crippen molar-refractivity contribution in [3.63, 3.8) is 0 Å². The minimum atomic E-state index is -1.29. The summed E-state index contributed by atoms with van der Waals surface area (Å²) < 4.78 is 15.8. The molecule has 1 aromatic rings. The average Bonchev–Trinajstić information content (AvgIpc) is 2.31. The highest BCUT2D eigenvalue weighted by atomic mass is 79.9. The fourth-order valence-electron chi connectivity index (χ4n) is 1.63. The maximum atomic E-state index is 12.4. The van der Waals surface area contributed by atoms with Crippen molar-refractivity contribution in [2.75, 3.05) is 6.61 Å². The minimum Gasteiger partial charge on any atom is -0.598 e. The molecule has 0 aliphatic heterocycles. The van der Waals surface area contributed by atoms with Crippen molar-refractivity contribution >= 4 is 38.9 Å². The SMILES string of the molecule is CC(C)(C)[S+]([O-])N[C@@](C)(CCO)c1cc(Br)cnc1Cl. The monoisotopic (exact) mass is 382 g/mol. The third-order valence-electron chi connectivity index (χ3n) is 2.89. The van der Waals surface area contributed by atoms with Gasteiger partial charge in [0, 0.05) is 34.2 Å². The molecule has 0 radical (unpaired) electrons. The zero-order valence-corrected chi connectivity index (χ0v) is 15.2. The number of aliphatic hydroxyl groups is 1. The number of nitrogens with one attached hydrogen (secondary N) is 1. The third kappa shape index (κ3) is 4.58. The first-order chi connectivity index (χ1) is 9.10. The second kappa shape index (κ2) is 6.94. The summed E-state index contributed by atoms with van der Waals surface area (Å²) in [6, 6.07) is 1.83. The van der Waals surface area contributed by atoms with Crippen LogP contribution in [0.25, 0.3) is 0 Å². The molecule has 0 saturated heterocycles. The van der Waals surface area contributed by atoms with Crippen LogP contribution in [0, 0.1) is 0 Å². The maximum absolute atomic E-state index is 12.4. The number of hydrogen-bond donors (Lipinski definition) is 2. The highest BCUT2D eigenvalue weighted by Crippen LogP contribution is 2.33. The summed E-state index contributed by atoms with van der Waals surface area (Å²) in [6.07, 6.45) is 1.98. The Labute approximate surface area is 136 Å². The molecule has 20 heavy (non-hydrogen) atoms. The lowest BCUT2D eigenvalue weighted by Crippen LogP contribution is -2.50. The lowest BCUT2D eigenvalue weighted by atomic mass is 9.91. The van der Waals surface area contributed by atoms with E-state index in [0.717, 1.165) is 4.47 Å². The molecule has 1 aromatic heterocycles. The summed E-state index contributed by atoms with van der Waals surface area (Å²) in [6.45, 7) is 7.47. The highest BCUT2D eigenvalue weighted by Gasteiger charge is 2.38. The smallest absolute Gasteiger partial charge is 0.136 e. The minimum absolute atomic E-state index is 0.0479. The van der Waals surface area contributed by atoms with Gasteiger partial charge in [0.2, 0.25) is 0 Å². The van der Waals surface area contributed by atoms with Gasteiger partial charge in [-0.15, -0.1) is 4.72 Å². The molecule has 1 heterocycles. The van der Waals surface area contributed by atoms with E-state index in [1.807, 2.05) is 33.8 Å². The van der Waals surface area contributed by atoms with E-state index in [-0.39, 0.29) is 6.61 Å². The summed E-state index contributed by atoms with van der Waals surface area (Å²) in [5.41, 5.74) is -0.0130. The van der Waals surface area contributed by atoms with Crippen molar-refractivity contribution in [3.05, 3.63) is 27.5 Å². The number of halogens is 2. The van der Waals surface area contributed by atoms with Gasteiger partial charge in [0.1, 0.15) is 9.90 Å². The predicted octanol–water partition coefficient (Wildman–Crippen LogP) is 3.15. The average molecular weight is 384 g/mol. The van der Waals surface area contributed by atoms with Crippen LogP contribution < -0.4 is 4.72 Å². The van der Waals surface area contributed by atoms with Crippen molar-refractivity contribution in [1.82, 2.24) is 9.71 Å². The molecule has 0 aliphatic carbocycles. The van der Waals surface area contributed by atoms with Crippen molar-refractivity contribution in [3.8, 4) is 0 Å². The second-order valence-electron chi connectivity index (χ2n) is 5.78. The zero-order valence-electron chi connectivity index (χ0n) is 12.0. The Morgan fingerprint density at radius 1 is 1.45 bits per heavy atom. The van der Waals surface area contributed by atoms with E-state index in [1.54, 1.807) is 6.20 Å². The summed E-state index contributed by atoms with van der Waals surface area (Å²) in [5, 5.41) is 9.66. The standard InChI is InChI=1S/C13H20BrClN2O2S/c1-12(2,3)20(19)17-13(4,5-6-18)10-7-9(14)8-16-11(10)15/h7-8,17-18H,5-6H2,1-4H3/t13-,20?/m0/s1. The van der Waals surface area contributed by atoms with Gasteiger partial charge in [-0.1, -0.05) is 11.6 Å². The molecule has 1 rings (SSSR count). The first-order valence-electron chi connectivity index (χ1n) is 6.22. The molecular formula is C13H20BrClN2O2S. The molecule has 1 unspecified atom stereocenters. The van der Waals surface area contributed by atoms with Gasteiger partial charge < -0.3 is 9.66 Å². The Morgan fingerprint density at radius 2 is 2.05 bits per heavy atom. The zero-order chi connectivity index (χ0) is 15.6. The summed E-state index contributed by atoms with van der Waals surface area (Å²) in [4.78, 5) is 4.09. The molecule has 0 fully saturated rings. The molecule has 7 heteroatoms. The Balaban J connectivity index is 3.17. The number of aliphatic hydroxyl groups excluding tert-OH is 1. The number of rotatable bonds is 5. The van der Waals surface area contributed by atoms with Crippen LogP contribution in [0.4, 0.5) is 0 Å². The first kappa shape index (κ1) is 18.2. The first-order valence-corrected chi connectivity index (χ1v) is 8.54. The van der Waals surface area contributed by atoms with Crippen LogP contribution in [0.3, 0.4) is 0 Å². The van der Waals surface area contributed by atoms with E-state index < -0.39 is 21.6 Å². The Kier molecular flexibility index (Phi) is 6.32. The Bertz CT molecular complexity index is 470. The molecule has 0 bridgehead atoms. The van der Waals surface area contributed by atoms with Crippen LogP contribution in [0.15, 0.2) is 16.7 Å². The summed E-state index contributed by atoms with van der Waals surface area (Å²) >= 11 is 8.23.